The predicted molar refractivity (Wildman–Crippen MR) is 93.9 cm³/mol. The number of thiazole rings is 1. The van der Waals surface area contributed by atoms with E-state index >= 15 is 0 Å². The molecule has 3 rings (SSSR count). The third kappa shape index (κ3) is 3.57. The maximum absolute atomic E-state index is 12.1. The average Bonchev–Trinajstić information content (AvgIpc) is 3.20. The first-order valence-electron chi connectivity index (χ1n) is 7.23. The van der Waals surface area contributed by atoms with Crippen molar-refractivity contribution in [1.82, 2.24) is 15.4 Å². The van der Waals surface area contributed by atoms with Crippen molar-refractivity contribution in [2.75, 3.05) is 5.32 Å². The molecule has 0 aliphatic carbocycles. The van der Waals surface area contributed by atoms with Crippen molar-refractivity contribution < 1.29 is 4.79 Å². The Morgan fingerprint density at radius 2 is 2.13 bits per heavy atom. The minimum Gasteiger partial charge on any atom is -0.360 e. The lowest BCUT2D eigenvalue weighted by Gasteiger charge is -2.11. The van der Waals surface area contributed by atoms with Crippen molar-refractivity contribution in [2.24, 2.45) is 5.10 Å². The van der Waals surface area contributed by atoms with E-state index in [1.807, 2.05) is 49.5 Å². The Morgan fingerprint density at radius 3 is 2.87 bits per heavy atom. The van der Waals surface area contributed by atoms with Crippen molar-refractivity contribution in [1.29, 1.82) is 0 Å². The van der Waals surface area contributed by atoms with Crippen molar-refractivity contribution in [3.05, 3.63) is 48.3 Å². The molecule has 1 amide bonds. The predicted octanol–water partition coefficient (Wildman–Crippen LogP) is 2.97. The van der Waals surface area contributed by atoms with Crippen LogP contribution >= 0.6 is 11.3 Å². The highest BCUT2D eigenvalue weighted by molar-refractivity contribution is 7.22. The molecule has 2 aromatic heterocycles. The van der Waals surface area contributed by atoms with Crippen LogP contribution in [0.1, 0.15) is 19.5 Å². The Kier molecular flexibility index (Phi) is 4.38. The Labute approximate surface area is 137 Å². The average molecular weight is 327 g/mol. The lowest BCUT2D eigenvalue weighted by atomic mass is 10.3. The number of hydrogen-bond acceptors (Lipinski definition) is 5. The van der Waals surface area contributed by atoms with Crippen LogP contribution in [0.25, 0.3) is 10.2 Å². The number of para-hydroxylation sites is 1. The van der Waals surface area contributed by atoms with Gasteiger partial charge in [-0.05, 0) is 38.1 Å². The van der Waals surface area contributed by atoms with E-state index in [2.05, 4.69) is 25.8 Å². The Balaban J connectivity index is 1.62. The standard InChI is InChI=1S/C16H17N5OS/c1-10(12-7-5-9-17-12)20-21-15(22)11(2)18-16-19-13-6-3-4-8-14(13)23-16/h3-9,11,17H,1-2H3,(H,18,19)(H,21,22)/b20-10+/t11-/m1/s1. The van der Waals surface area contributed by atoms with Gasteiger partial charge in [-0.25, -0.2) is 10.4 Å². The summed E-state index contributed by atoms with van der Waals surface area (Å²) in [5.74, 6) is -0.213. The molecule has 1 aromatic carbocycles. The van der Waals surface area contributed by atoms with E-state index in [1.54, 1.807) is 6.92 Å². The zero-order valence-corrected chi connectivity index (χ0v) is 13.6. The van der Waals surface area contributed by atoms with Gasteiger partial charge in [-0.3, -0.25) is 4.79 Å². The quantitative estimate of drug-likeness (QED) is 0.498. The summed E-state index contributed by atoms with van der Waals surface area (Å²) in [5.41, 5.74) is 5.08. The number of carbonyl (C=O) groups excluding carboxylic acids is 1. The van der Waals surface area contributed by atoms with Crippen molar-refractivity contribution in [2.45, 2.75) is 19.9 Å². The van der Waals surface area contributed by atoms with E-state index in [0.717, 1.165) is 26.8 Å². The summed E-state index contributed by atoms with van der Waals surface area (Å²) in [7, 11) is 0. The van der Waals surface area contributed by atoms with Gasteiger partial charge in [-0.2, -0.15) is 5.10 Å². The molecule has 0 aliphatic heterocycles. The number of fused-ring (bicyclic) bond motifs is 1. The third-order valence-corrected chi connectivity index (χ3v) is 4.32. The van der Waals surface area contributed by atoms with Crippen LogP contribution in [0.3, 0.4) is 0 Å². The maximum atomic E-state index is 12.1. The molecule has 118 valence electrons. The maximum Gasteiger partial charge on any atom is 0.262 e. The number of benzene rings is 1. The van der Waals surface area contributed by atoms with E-state index in [0.29, 0.717) is 0 Å². The number of anilines is 1. The molecule has 7 heteroatoms. The normalized spacial score (nSPS) is 13.0. The molecular formula is C16H17N5OS. The minimum atomic E-state index is -0.434. The molecule has 0 fully saturated rings. The van der Waals surface area contributed by atoms with E-state index < -0.39 is 6.04 Å². The van der Waals surface area contributed by atoms with Gasteiger partial charge in [0.1, 0.15) is 6.04 Å². The van der Waals surface area contributed by atoms with Crippen molar-refractivity contribution in [3.8, 4) is 0 Å². The lowest BCUT2D eigenvalue weighted by molar-refractivity contribution is -0.121. The fourth-order valence-electron chi connectivity index (χ4n) is 2.04. The molecule has 0 unspecified atom stereocenters. The zero-order chi connectivity index (χ0) is 16.2. The Bertz CT molecular complexity index is 804. The van der Waals surface area contributed by atoms with Crippen LogP contribution in [-0.4, -0.2) is 27.6 Å². The van der Waals surface area contributed by atoms with Gasteiger partial charge in [0.25, 0.3) is 5.91 Å². The van der Waals surface area contributed by atoms with Crippen molar-refractivity contribution >= 4 is 38.3 Å². The molecule has 0 aliphatic rings. The summed E-state index contributed by atoms with van der Waals surface area (Å²) < 4.78 is 1.09. The summed E-state index contributed by atoms with van der Waals surface area (Å²) in [6, 6.07) is 11.2. The highest BCUT2D eigenvalue weighted by Gasteiger charge is 2.14. The number of rotatable bonds is 5. The molecule has 3 aromatic rings. The fourth-order valence-corrected chi connectivity index (χ4v) is 2.99. The van der Waals surface area contributed by atoms with Crippen LogP contribution in [0.2, 0.25) is 0 Å². The molecule has 1 atom stereocenters. The molecule has 0 spiro atoms. The van der Waals surface area contributed by atoms with Crippen LogP contribution in [0, 0.1) is 0 Å². The first-order chi connectivity index (χ1) is 11.1. The summed E-state index contributed by atoms with van der Waals surface area (Å²) in [4.78, 5) is 19.6. The number of hydrogen-bond donors (Lipinski definition) is 3. The first-order valence-corrected chi connectivity index (χ1v) is 8.05. The van der Waals surface area contributed by atoms with Crippen LogP contribution in [0.4, 0.5) is 5.13 Å². The zero-order valence-electron chi connectivity index (χ0n) is 12.8. The molecular weight excluding hydrogens is 310 g/mol. The van der Waals surface area contributed by atoms with Gasteiger partial charge in [0.15, 0.2) is 5.13 Å². The lowest BCUT2D eigenvalue weighted by Crippen LogP contribution is -2.35. The fraction of sp³-hybridized carbons (Fsp3) is 0.188. The number of nitrogens with zero attached hydrogens (tertiary/aromatic N) is 2. The number of aromatic nitrogens is 2. The number of amides is 1. The Hall–Kier alpha value is -2.67. The SMILES string of the molecule is C/C(=N\NC(=O)[C@@H](C)Nc1nc2ccccc2s1)c1ccc[nH]1. The number of hydrazone groups is 1. The topological polar surface area (TPSA) is 82.2 Å². The monoisotopic (exact) mass is 327 g/mol. The summed E-state index contributed by atoms with van der Waals surface area (Å²) in [6.07, 6.45) is 1.81. The van der Waals surface area contributed by atoms with Crippen LogP contribution in [0.5, 0.6) is 0 Å². The van der Waals surface area contributed by atoms with Crippen LogP contribution < -0.4 is 10.7 Å². The molecule has 2 heterocycles. The number of carbonyl (C=O) groups is 1. The molecule has 0 bridgehead atoms. The van der Waals surface area contributed by atoms with Crippen LogP contribution in [-0.2, 0) is 4.79 Å². The number of H-pyrrole nitrogens is 1. The van der Waals surface area contributed by atoms with Gasteiger partial charge < -0.3 is 10.3 Å². The molecule has 23 heavy (non-hydrogen) atoms. The van der Waals surface area contributed by atoms with Gasteiger partial charge in [-0.15, -0.1) is 0 Å². The second-order valence-electron chi connectivity index (χ2n) is 5.11. The van der Waals surface area contributed by atoms with Gasteiger partial charge >= 0.3 is 0 Å². The smallest absolute Gasteiger partial charge is 0.262 e. The van der Waals surface area contributed by atoms with Gasteiger partial charge in [0, 0.05) is 6.20 Å². The van der Waals surface area contributed by atoms with Gasteiger partial charge in [0.05, 0.1) is 21.6 Å². The second-order valence-corrected chi connectivity index (χ2v) is 6.14. The highest BCUT2D eigenvalue weighted by atomic mass is 32.1. The number of nitrogens with one attached hydrogen (secondary N) is 3. The molecule has 6 nitrogen and oxygen atoms in total. The van der Waals surface area contributed by atoms with E-state index in [1.165, 1.54) is 11.3 Å². The molecule has 0 radical (unpaired) electrons. The number of aromatic amines is 1. The molecule has 0 saturated heterocycles. The van der Waals surface area contributed by atoms with Gasteiger partial charge in [0.2, 0.25) is 0 Å². The largest absolute Gasteiger partial charge is 0.360 e. The van der Waals surface area contributed by atoms with E-state index in [9.17, 15) is 4.79 Å². The summed E-state index contributed by atoms with van der Waals surface area (Å²) in [6.45, 7) is 3.61. The first kappa shape index (κ1) is 15.2. The van der Waals surface area contributed by atoms with Gasteiger partial charge in [-0.1, -0.05) is 23.5 Å². The Morgan fingerprint density at radius 1 is 1.30 bits per heavy atom. The summed E-state index contributed by atoms with van der Waals surface area (Å²) in [5, 5.41) is 7.93. The molecule has 0 saturated carbocycles. The van der Waals surface area contributed by atoms with E-state index in [-0.39, 0.29) is 5.91 Å². The highest BCUT2D eigenvalue weighted by Crippen LogP contribution is 2.25. The minimum absolute atomic E-state index is 0.213. The second kappa shape index (κ2) is 6.62. The summed E-state index contributed by atoms with van der Waals surface area (Å²) >= 11 is 1.52. The molecule has 3 N–H and O–H groups in total. The van der Waals surface area contributed by atoms with Crippen LogP contribution in [0.15, 0.2) is 47.7 Å². The van der Waals surface area contributed by atoms with E-state index in [4.69, 9.17) is 0 Å². The van der Waals surface area contributed by atoms with Crippen molar-refractivity contribution in [3.63, 3.8) is 0 Å². The third-order valence-electron chi connectivity index (χ3n) is 3.35.